The van der Waals surface area contributed by atoms with E-state index in [1.807, 2.05) is 19.9 Å². The molecule has 0 bridgehead atoms. The third-order valence-electron chi connectivity index (χ3n) is 13.7. The molecule has 52 heavy (non-hydrogen) atoms. The van der Waals surface area contributed by atoms with E-state index in [2.05, 4.69) is 37.2 Å². The quantitative estimate of drug-likeness (QED) is 0.137. The van der Waals surface area contributed by atoms with Gasteiger partial charge in [0.05, 0.1) is 43.7 Å². The number of fused-ring (bicyclic) bond motifs is 3. The van der Waals surface area contributed by atoms with Gasteiger partial charge in [-0.1, -0.05) is 62.7 Å². The fourth-order valence-electron chi connectivity index (χ4n) is 11.4. The number of carbonyl (C=O) groups excluding carboxylic acids is 2. The zero-order chi connectivity index (χ0) is 37.0. The molecule has 4 aliphatic carbocycles. The number of rotatable bonds is 8. The van der Waals surface area contributed by atoms with Gasteiger partial charge in [0.1, 0.15) is 40.7 Å². The Kier molecular flexibility index (Phi) is 7.83. The molecule has 1 aromatic carbocycles. The van der Waals surface area contributed by atoms with Gasteiger partial charge in [-0.2, -0.15) is 0 Å². The van der Waals surface area contributed by atoms with Gasteiger partial charge in [0.15, 0.2) is 12.4 Å². The molecule has 0 amide bonds. The average molecular weight is 733 g/mol. The summed E-state index contributed by atoms with van der Waals surface area (Å²) in [6.45, 7) is 12.4. The smallest absolute Gasteiger partial charge is 0.302 e. The lowest BCUT2D eigenvalue weighted by atomic mass is 9.36. The summed E-state index contributed by atoms with van der Waals surface area (Å²) >= 11 is 6.31. The average Bonchev–Trinajstić information content (AvgIpc) is 3.37. The molecule has 276 valence electrons. The van der Waals surface area contributed by atoms with Crippen LogP contribution in [0.5, 0.6) is 11.5 Å². The number of benzene rings is 1. The van der Waals surface area contributed by atoms with Crippen molar-refractivity contribution in [2.24, 2.45) is 38.7 Å². The predicted octanol–water partition coefficient (Wildman–Crippen LogP) is 6.88. The van der Waals surface area contributed by atoms with E-state index in [1.165, 1.54) is 6.92 Å². The minimum Gasteiger partial charge on any atom is -0.495 e. The topological polar surface area (TPSA) is 140 Å². The standard InChI is InChI=1S/C39H45ClN4O8/c1-21(45)51-31-17-29-35(2,3)30(46)10-12-36(29,4)28-9-13-37(5)32(22-11-14-49-19-22)33(34-39(37,52-34)38(28,31)6)42-50-20-23-18-44(43-41-23)25-16-26(47-7)24(40)15-27(25)48-8/h10-12,14-16,18-19,28-29,31-32,34H,9,13,17,20H2,1-8H3/b42-33+/t28-,29+,31-,32-,34-,36-,37+,38+,39-/m1/s1. The van der Waals surface area contributed by atoms with Gasteiger partial charge in [-0.05, 0) is 54.2 Å². The molecular weight excluding hydrogens is 688 g/mol. The number of oxime groups is 1. The van der Waals surface area contributed by atoms with E-state index in [0.717, 1.165) is 24.1 Å². The molecule has 9 atom stereocenters. The van der Waals surface area contributed by atoms with Crippen molar-refractivity contribution < 1.29 is 37.8 Å². The van der Waals surface area contributed by atoms with E-state index in [-0.39, 0.29) is 47.6 Å². The Morgan fingerprint density at radius 3 is 2.58 bits per heavy atom. The first-order valence-electron chi connectivity index (χ1n) is 17.8. The van der Waals surface area contributed by atoms with Crippen LogP contribution >= 0.6 is 11.6 Å². The van der Waals surface area contributed by atoms with E-state index >= 15 is 0 Å². The second-order valence-corrected chi connectivity index (χ2v) is 16.7. The summed E-state index contributed by atoms with van der Waals surface area (Å²) in [5.74, 6) is 0.630. The number of furan rings is 1. The van der Waals surface area contributed by atoms with Crippen molar-refractivity contribution in [3.05, 3.63) is 65.4 Å². The van der Waals surface area contributed by atoms with Crippen LogP contribution in [0.15, 0.2) is 58.6 Å². The summed E-state index contributed by atoms with van der Waals surface area (Å²) in [5, 5.41) is 13.9. The summed E-state index contributed by atoms with van der Waals surface area (Å²) in [6, 6.07) is 5.38. The Balaban J connectivity index is 1.16. The number of nitrogens with zero attached hydrogens (tertiary/aromatic N) is 4. The van der Waals surface area contributed by atoms with Crippen molar-refractivity contribution in [3.8, 4) is 17.2 Å². The molecule has 1 saturated heterocycles. The molecule has 12 nitrogen and oxygen atoms in total. The maximum atomic E-state index is 13.3. The third kappa shape index (κ3) is 4.52. The number of hydrogen-bond donors (Lipinski definition) is 0. The van der Waals surface area contributed by atoms with E-state index < -0.39 is 27.9 Å². The summed E-state index contributed by atoms with van der Waals surface area (Å²) in [6.07, 6.45) is 10.5. The molecule has 3 saturated carbocycles. The fraction of sp³-hybridized carbons (Fsp3) is 0.564. The lowest BCUT2D eigenvalue weighted by Gasteiger charge is -2.67. The normalized spacial score (nSPS) is 37.4. The monoisotopic (exact) mass is 732 g/mol. The highest BCUT2D eigenvalue weighted by Gasteiger charge is 2.89. The maximum absolute atomic E-state index is 13.3. The maximum Gasteiger partial charge on any atom is 0.302 e. The second kappa shape index (κ2) is 11.7. The molecule has 13 heteroatoms. The molecule has 3 heterocycles. The van der Waals surface area contributed by atoms with E-state index in [1.54, 1.807) is 55.8 Å². The number of methoxy groups -OCH3 is 2. The van der Waals surface area contributed by atoms with Gasteiger partial charge < -0.3 is 28.2 Å². The number of ether oxygens (including phenoxy) is 4. The highest BCUT2D eigenvalue weighted by Crippen LogP contribution is 2.81. The van der Waals surface area contributed by atoms with Crippen LogP contribution in [0.1, 0.15) is 78.0 Å². The van der Waals surface area contributed by atoms with Crippen molar-refractivity contribution in [1.82, 2.24) is 15.0 Å². The molecule has 2 aromatic heterocycles. The van der Waals surface area contributed by atoms with Gasteiger partial charge >= 0.3 is 5.97 Å². The van der Waals surface area contributed by atoms with Crippen LogP contribution in [-0.2, 0) is 30.5 Å². The fourth-order valence-corrected chi connectivity index (χ4v) is 11.6. The minimum absolute atomic E-state index is 0.0113. The zero-order valence-corrected chi connectivity index (χ0v) is 31.5. The van der Waals surface area contributed by atoms with Crippen molar-refractivity contribution in [2.75, 3.05) is 14.2 Å². The van der Waals surface area contributed by atoms with Crippen LogP contribution in [0.4, 0.5) is 0 Å². The number of allylic oxidation sites excluding steroid dienone is 2. The van der Waals surface area contributed by atoms with E-state index in [9.17, 15) is 9.59 Å². The number of esters is 1. The van der Waals surface area contributed by atoms with Gasteiger partial charge in [-0.15, -0.1) is 5.10 Å². The Bertz CT molecular complexity index is 2010. The van der Waals surface area contributed by atoms with Gasteiger partial charge in [0.2, 0.25) is 0 Å². The van der Waals surface area contributed by atoms with Crippen LogP contribution in [-0.4, -0.2) is 64.5 Å². The van der Waals surface area contributed by atoms with Gasteiger partial charge in [-0.3, -0.25) is 9.59 Å². The number of epoxide rings is 1. The molecule has 0 unspecified atom stereocenters. The number of ketones is 1. The number of halogens is 1. The summed E-state index contributed by atoms with van der Waals surface area (Å²) in [5.41, 5.74) is 0.222. The third-order valence-corrected chi connectivity index (χ3v) is 14.0. The molecule has 1 spiro atoms. The van der Waals surface area contributed by atoms with E-state index in [4.69, 9.17) is 45.0 Å². The largest absolute Gasteiger partial charge is 0.495 e. The first kappa shape index (κ1) is 34.9. The Hall–Kier alpha value is -4.16. The lowest BCUT2D eigenvalue weighted by Crippen LogP contribution is -2.70. The molecule has 4 fully saturated rings. The van der Waals surface area contributed by atoms with Crippen LogP contribution in [0.3, 0.4) is 0 Å². The zero-order valence-electron chi connectivity index (χ0n) is 30.8. The van der Waals surface area contributed by atoms with Crippen molar-refractivity contribution >= 4 is 29.1 Å². The Morgan fingerprint density at radius 2 is 1.88 bits per heavy atom. The lowest BCUT2D eigenvalue weighted by molar-refractivity contribution is -0.231. The molecule has 1 aliphatic heterocycles. The molecule has 5 aliphatic rings. The first-order valence-corrected chi connectivity index (χ1v) is 18.2. The van der Waals surface area contributed by atoms with E-state index in [0.29, 0.717) is 34.3 Å². The summed E-state index contributed by atoms with van der Waals surface area (Å²) in [4.78, 5) is 32.2. The number of aromatic nitrogens is 3. The molecule has 8 rings (SSSR count). The van der Waals surface area contributed by atoms with Gasteiger partial charge in [0.25, 0.3) is 0 Å². The SMILES string of the molecule is COc1cc(-n2cc(CO/N=C3/[C@H]4O[C@]45[C@@]4(C)[C@H](CC[C@@]5(C)[C@@H]3c3ccoc3)[C@@]3(C)C=CC(=O)C(C)(C)[C@@H]3C[C@H]4OC(C)=O)nn2)c(OC)cc1Cl. The summed E-state index contributed by atoms with van der Waals surface area (Å²) < 4.78 is 31.5. The minimum atomic E-state index is -0.714. The van der Waals surface area contributed by atoms with Crippen molar-refractivity contribution in [3.63, 3.8) is 0 Å². The first-order chi connectivity index (χ1) is 24.7. The number of carbonyl (C=O) groups is 2. The Morgan fingerprint density at radius 1 is 1.12 bits per heavy atom. The van der Waals surface area contributed by atoms with Gasteiger partial charge in [-0.25, -0.2) is 4.68 Å². The van der Waals surface area contributed by atoms with Crippen LogP contribution < -0.4 is 9.47 Å². The molecule has 0 N–H and O–H groups in total. The highest BCUT2D eigenvalue weighted by atomic mass is 35.5. The molecule has 0 radical (unpaired) electrons. The van der Waals surface area contributed by atoms with Crippen molar-refractivity contribution in [1.29, 1.82) is 0 Å². The van der Waals surface area contributed by atoms with Crippen LogP contribution in [0.25, 0.3) is 5.69 Å². The molecular formula is C39H45ClN4O8. The van der Waals surface area contributed by atoms with Gasteiger partial charge in [0, 0.05) is 41.2 Å². The highest BCUT2D eigenvalue weighted by molar-refractivity contribution is 6.32. The molecule has 3 aromatic rings. The van der Waals surface area contributed by atoms with Crippen LogP contribution in [0.2, 0.25) is 5.02 Å². The summed E-state index contributed by atoms with van der Waals surface area (Å²) in [7, 11) is 3.09. The van der Waals surface area contributed by atoms with Crippen LogP contribution in [0, 0.1) is 33.5 Å². The van der Waals surface area contributed by atoms with Crippen molar-refractivity contribution in [2.45, 2.75) is 91.1 Å². The Labute approximate surface area is 307 Å². The second-order valence-electron chi connectivity index (χ2n) is 16.3. The predicted molar refractivity (Wildman–Crippen MR) is 189 cm³/mol. The number of hydrogen-bond acceptors (Lipinski definition) is 11.